The van der Waals surface area contributed by atoms with Crippen LogP contribution in [-0.2, 0) is 4.74 Å². The highest BCUT2D eigenvalue weighted by Crippen LogP contribution is 2.25. The molecule has 27 heavy (non-hydrogen) atoms. The van der Waals surface area contributed by atoms with Crippen LogP contribution >= 0.6 is 0 Å². The molecule has 3 rings (SSSR count). The van der Waals surface area contributed by atoms with Gasteiger partial charge in [-0.05, 0) is 22.6 Å². The van der Waals surface area contributed by atoms with Crippen molar-refractivity contribution in [2.45, 2.75) is 0 Å². The molecule has 0 aliphatic carbocycles. The third kappa shape index (κ3) is 5.66. The zero-order valence-electron chi connectivity index (χ0n) is 15.5. The van der Waals surface area contributed by atoms with E-state index in [1.807, 2.05) is 54.6 Å². The second kappa shape index (κ2) is 9.88. The molecule has 3 aromatic rings. The number of hydrogen-bond acceptors (Lipinski definition) is 4. The lowest BCUT2D eigenvalue weighted by Gasteiger charge is -2.18. The fourth-order valence-electron chi connectivity index (χ4n) is 2.92. The van der Waals surface area contributed by atoms with Crippen molar-refractivity contribution < 1.29 is 14.7 Å². The minimum Gasteiger partial charge on any atom is -0.489 e. The largest absolute Gasteiger partial charge is 0.489 e. The number of fused-ring (bicyclic) bond motifs is 1. The Labute approximate surface area is 160 Å². The van der Waals surface area contributed by atoms with E-state index in [4.69, 9.17) is 9.47 Å². The van der Waals surface area contributed by atoms with Crippen molar-refractivity contribution in [3.8, 4) is 5.75 Å². The first-order valence-corrected chi connectivity index (χ1v) is 9.04. The minimum atomic E-state index is 0.392. The molecule has 0 unspecified atom stereocenters. The highest BCUT2D eigenvalue weighted by Gasteiger charge is 2.08. The fourth-order valence-corrected chi connectivity index (χ4v) is 2.92. The molecule has 0 radical (unpaired) electrons. The maximum atomic E-state index is 10.2. The van der Waals surface area contributed by atoms with Crippen LogP contribution < -0.4 is 4.74 Å². The summed E-state index contributed by atoms with van der Waals surface area (Å²) in [7, 11) is 1.62. The van der Waals surface area contributed by atoms with Crippen molar-refractivity contribution in [3.63, 3.8) is 0 Å². The summed E-state index contributed by atoms with van der Waals surface area (Å²) < 4.78 is 11.2. The quantitative estimate of drug-likeness (QED) is 0.563. The van der Waals surface area contributed by atoms with E-state index in [-0.39, 0.29) is 0 Å². The summed E-state index contributed by atoms with van der Waals surface area (Å²) in [6, 6.07) is 24.3. The normalized spacial score (nSPS) is 11.9. The van der Waals surface area contributed by atoms with E-state index in [1.54, 1.807) is 7.11 Å². The van der Waals surface area contributed by atoms with Crippen molar-refractivity contribution in [3.05, 3.63) is 83.9 Å². The average molecular weight is 363 g/mol. The second-order valence-corrected chi connectivity index (χ2v) is 6.36. The van der Waals surface area contributed by atoms with Crippen LogP contribution in [0.1, 0.15) is 5.56 Å². The predicted molar refractivity (Wildman–Crippen MR) is 109 cm³/mol. The van der Waals surface area contributed by atoms with Crippen LogP contribution in [0.4, 0.5) is 0 Å². The molecule has 1 N–H and O–H groups in total. The molecule has 0 aliphatic heterocycles. The van der Waals surface area contributed by atoms with E-state index in [9.17, 15) is 5.21 Å². The van der Waals surface area contributed by atoms with Gasteiger partial charge in [0.15, 0.2) is 0 Å². The topological polar surface area (TPSA) is 41.9 Å². The fraction of sp³-hybridized carbons (Fsp3) is 0.217. The van der Waals surface area contributed by atoms with Crippen molar-refractivity contribution in [1.82, 2.24) is 5.06 Å². The van der Waals surface area contributed by atoms with E-state index in [2.05, 4.69) is 24.3 Å². The molecule has 140 valence electrons. The lowest BCUT2D eigenvalue weighted by molar-refractivity contribution is -0.0941. The van der Waals surface area contributed by atoms with Crippen LogP contribution in [0.25, 0.3) is 16.8 Å². The molecule has 0 spiro atoms. The summed E-state index contributed by atoms with van der Waals surface area (Å²) in [5, 5.41) is 13.6. The molecule has 0 aliphatic rings. The summed E-state index contributed by atoms with van der Waals surface area (Å²) in [6.45, 7) is 1.70. The lowest BCUT2D eigenvalue weighted by atomic mass is 10.1. The van der Waals surface area contributed by atoms with Gasteiger partial charge in [-0.2, -0.15) is 5.06 Å². The molecule has 0 atom stereocenters. The zero-order valence-corrected chi connectivity index (χ0v) is 15.5. The Balaban J connectivity index is 1.77. The van der Waals surface area contributed by atoms with Gasteiger partial charge >= 0.3 is 0 Å². The summed E-state index contributed by atoms with van der Waals surface area (Å²) in [5.41, 5.74) is 2.06. The van der Waals surface area contributed by atoms with E-state index in [0.717, 1.165) is 27.7 Å². The number of hydrogen-bond donors (Lipinski definition) is 1. The number of benzene rings is 3. The van der Waals surface area contributed by atoms with Crippen LogP contribution in [0, 0.1) is 0 Å². The third-order valence-corrected chi connectivity index (χ3v) is 4.27. The SMILES string of the molecule is COCCN(O)C/C(=C/c1ccccc1)COc1cccc2ccccc12. The van der Waals surface area contributed by atoms with E-state index >= 15 is 0 Å². The van der Waals surface area contributed by atoms with Gasteiger partial charge in [-0.1, -0.05) is 72.8 Å². The monoisotopic (exact) mass is 363 g/mol. The Morgan fingerprint density at radius 2 is 1.70 bits per heavy atom. The molecule has 0 saturated carbocycles. The Kier molecular flexibility index (Phi) is 6.99. The first kappa shape index (κ1) is 19.1. The maximum Gasteiger partial charge on any atom is 0.127 e. The molecule has 3 aromatic carbocycles. The van der Waals surface area contributed by atoms with Crippen LogP contribution in [0.15, 0.2) is 78.4 Å². The molecule has 0 amide bonds. The van der Waals surface area contributed by atoms with Crippen molar-refractivity contribution in [2.24, 2.45) is 0 Å². The van der Waals surface area contributed by atoms with Crippen LogP contribution in [0.5, 0.6) is 5.75 Å². The molecule has 0 fully saturated rings. The molecular formula is C23H25NO3. The second-order valence-electron chi connectivity index (χ2n) is 6.36. The Bertz CT molecular complexity index is 872. The lowest BCUT2D eigenvalue weighted by Crippen LogP contribution is -2.27. The van der Waals surface area contributed by atoms with Crippen molar-refractivity contribution >= 4 is 16.8 Å². The number of nitrogens with zero attached hydrogens (tertiary/aromatic N) is 1. The predicted octanol–water partition coefficient (Wildman–Crippen LogP) is 4.64. The van der Waals surface area contributed by atoms with Gasteiger partial charge in [0.25, 0.3) is 0 Å². The smallest absolute Gasteiger partial charge is 0.127 e. The summed E-state index contributed by atoms with van der Waals surface area (Å²) in [4.78, 5) is 0. The first-order chi connectivity index (χ1) is 13.3. The number of ether oxygens (including phenoxy) is 2. The Hall–Kier alpha value is -2.66. The van der Waals surface area contributed by atoms with Crippen molar-refractivity contribution in [1.29, 1.82) is 0 Å². The highest BCUT2D eigenvalue weighted by atomic mass is 16.5. The Morgan fingerprint density at radius 1 is 0.963 bits per heavy atom. The maximum absolute atomic E-state index is 10.2. The average Bonchev–Trinajstić information content (AvgIpc) is 2.71. The molecule has 0 heterocycles. The summed E-state index contributed by atoms with van der Waals surface area (Å²) in [5.74, 6) is 0.841. The first-order valence-electron chi connectivity index (χ1n) is 9.04. The van der Waals surface area contributed by atoms with Gasteiger partial charge in [0, 0.05) is 25.6 Å². The zero-order chi connectivity index (χ0) is 18.9. The van der Waals surface area contributed by atoms with Gasteiger partial charge in [-0.15, -0.1) is 0 Å². The molecular weight excluding hydrogens is 338 g/mol. The van der Waals surface area contributed by atoms with E-state index in [1.165, 1.54) is 5.06 Å². The molecule has 4 nitrogen and oxygen atoms in total. The van der Waals surface area contributed by atoms with Crippen LogP contribution in [0.3, 0.4) is 0 Å². The van der Waals surface area contributed by atoms with E-state index < -0.39 is 0 Å². The number of hydroxylamine groups is 2. The van der Waals surface area contributed by atoms with Crippen LogP contribution in [0.2, 0.25) is 0 Å². The van der Waals surface area contributed by atoms with Gasteiger partial charge < -0.3 is 14.7 Å². The van der Waals surface area contributed by atoms with Gasteiger partial charge in [0.2, 0.25) is 0 Å². The van der Waals surface area contributed by atoms with Gasteiger partial charge in [0.1, 0.15) is 12.4 Å². The number of rotatable bonds is 9. The summed E-state index contributed by atoms with van der Waals surface area (Å²) >= 11 is 0. The van der Waals surface area contributed by atoms with Crippen LogP contribution in [-0.4, -0.2) is 43.7 Å². The standard InChI is InChI=1S/C23H25NO3/c1-26-15-14-24(25)17-20(16-19-8-3-2-4-9-19)18-27-23-13-7-11-21-10-5-6-12-22(21)23/h2-13,16,25H,14-15,17-18H2,1H3/b20-16-. The molecule has 0 aromatic heterocycles. The summed E-state index contributed by atoms with van der Waals surface area (Å²) in [6.07, 6.45) is 2.06. The van der Waals surface area contributed by atoms with Gasteiger partial charge in [-0.25, -0.2) is 0 Å². The van der Waals surface area contributed by atoms with Gasteiger partial charge in [0.05, 0.1) is 6.61 Å². The Morgan fingerprint density at radius 3 is 2.52 bits per heavy atom. The third-order valence-electron chi connectivity index (χ3n) is 4.27. The molecule has 0 bridgehead atoms. The van der Waals surface area contributed by atoms with E-state index in [0.29, 0.717) is 26.3 Å². The van der Waals surface area contributed by atoms with Crippen molar-refractivity contribution in [2.75, 3.05) is 33.4 Å². The van der Waals surface area contributed by atoms with Gasteiger partial charge in [-0.3, -0.25) is 0 Å². The number of methoxy groups -OCH3 is 1. The highest BCUT2D eigenvalue weighted by molar-refractivity contribution is 5.88. The minimum absolute atomic E-state index is 0.392. The molecule has 4 heteroatoms. The molecule has 0 saturated heterocycles.